The van der Waals surface area contributed by atoms with Crippen molar-refractivity contribution < 1.29 is 9.90 Å². The van der Waals surface area contributed by atoms with E-state index in [9.17, 15) is 9.90 Å². The average Bonchev–Trinajstić information content (AvgIpc) is 2.94. The van der Waals surface area contributed by atoms with Crippen molar-refractivity contribution in [2.75, 3.05) is 0 Å². The summed E-state index contributed by atoms with van der Waals surface area (Å²) in [5, 5.41) is 10.7. The molecule has 0 spiro atoms. The molecule has 0 aliphatic carbocycles. The van der Waals surface area contributed by atoms with Crippen molar-refractivity contribution in [1.29, 1.82) is 0 Å². The first-order chi connectivity index (χ1) is 13.1. The standard InChI is InChI=1S/C23H18BrNO2/c24-19-13-7-12-18(14-19)21-20(17-10-5-2-6-11-17)22(26)23(27)25(21)15-16-8-3-1-4-9-16/h1-14,21,26H,15H2/t21-/m1/s1. The maximum absolute atomic E-state index is 13.0. The molecule has 0 aromatic heterocycles. The Kier molecular flexibility index (Phi) is 4.82. The quantitative estimate of drug-likeness (QED) is 0.606. The van der Waals surface area contributed by atoms with Crippen LogP contribution in [0.25, 0.3) is 5.57 Å². The van der Waals surface area contributed by atoms with Gasteiger partial charge in [0.2, 0.25) is 0 Å². The van der Waals surface area contributed by atoms with Crippen molar-refractivity contribution in [2.45, 2.75) is 12.6 Å². The number of nitrogens with zero attached hydrogens (tertiary/aromatic N) is 1. The number of carbonyl (C=O) groups excluding carboxylic acids is 1. The van der Waals surface area contributed by atoms with Crippen LogP contribution in [0.5, 0.6) is 0 Å². The Labute approximate surface area is 166 Å². The zero-order valence-corrected chi connectivity index (χ0v) is 16.1. The van der Waals surface area contributed by atoms with E-state index in [1.165, 1.54) is 0 Å². The van der Waals surface area contributed by atoms with Gasteiger partial charge in [0.1, 0.15) is 0 Å². The van der Waals surface area contributed by atoms with Crippen LogP contribution < -0.4 is 0 Å². The molecule has 0 fully saturated rings. The maximum atomic E-state index is 13.0. The fraction of sp³-hybridized carbons (Fsp3) is 0.0870. The van der Waals surface area contributed by atoms with Gasteiger partial charge < -0.3 is 10.0 Å². The van der Waals surface area contributed by atoms with Crippen LogP contribution in [0.2, 0.25) is 0 Å². The maximum Gasteiger partial charge on any atom is 0.290 e. The molecule has 4 rings (SSSR count). The van der Waals surface area contributed by atoms with Crippen LogP contribution in [0.15, 0.2) is 95.2 Å². The van der Waals surface area contributed by atoms with Gasteiger partial charge in [0.25, 0.3) is 5.91 Å². The number of benzene rings is 3. The third-order valence-corrected chi connectivity index (χ3v) is 5.24. The monoisotopic (exact) mass is 419 g/mol. The van der Waals surface area contributed by atoms with E-state index in [0.717, 1.165) is 21.2 Å². The van der Waals surface area contributed by atoms with Crippen LogP contribution in [0.1, 0.15) is 22.7 Å². The lowest BCUT2D eigenvalue weighted by Gasteiger charge is -2.27. The molecule has 27 heavy (non-hydrogen) atoms. The molecule has 1 N–H and O–H groups in total. The van der Waals surface area contributed by atoms with Gasteiger partial charge in [0.05, 0.1) is 6.04 Å². The Morgan fingerprint density at radius 3 is 2.22 bits per heavy atom. The second kappa shape index (κ2) is 7.41. The first kappa shape index (κ1) is 17.6. The van der Waals surface area contributed by atoms with E-state index in [0.29, 0.717) is 12.1 Å². The fourth-order valence-electron chi connectivity index (χ4n) is 3.53. The number of halogens is 1. The van der Waals surface area contributed by atoms with E-state index in [1.807, 2.05) is 84.9 Å². The summed E-state index contributed by atoms with van der Waals surface area (Å²) in [5.74, 6) is -0.523. The predicted molar refractivity (Wildman–Crippen MR) is 110 cm³/mol. The number of amides is 1. The van der Waals surface area contributed by atoms with Crippen molar-refractivity contribution in [2.24, 2.45) is 0 Å². The van der Waals surface area contributed by atoms with Gasteiger partial charge in [0.15, 0.2) is 5.76 Å². The highest BCUT2D eigenvalue weighted by Crippen LogP contribution is 2.44. The molecule has 1 amide bonds. The Morgan fingerprint density at radius 2 is 1.56 bits per heavy atom. The lowest BCUT2D eigenvalue weighted by atomic mass is 9.93. The summed E-state index contributed by atoms with van der Waals surface area (Å²) in [6.07, 6.45) is 0. The summed E-state index contributed by atoms with van der Waals surface area (Å²) in [5.41, 5.74) is 3.48. The van der Waals surface area contributed by atoms with Crippen molar-refractivity contribution in [3.8, 4) is 0 Å². The van der Waals surface area contributed by atoms with Crippen LogP contribution in [0, 0.1) is 0 Å². The predicted octanol–water partition coefficient (Wildman–Crippen LogP) is 5.50. The average molecular weight is 420 g/mol. The van der Waals surface area contributed by atoms with Crippen LogP contribution in [-0.4, -0.2) is 15.9 Å². The highest BCUT2D eigenvalue weighted by atomic mass is 79.9. The molecular formula is C23H18BrNO2. The second-order valence-electron chi connectivity index (χ2n) is 6.50. The largest absolute Gasteiger partial charge is 0.503 e. The van der Waals surface area contributed by atoms with Gasteiger partial charge in [-0.2, -0.15) is 0 Å². The highest BCUT2D eigenvalue weighted by Gasteiger charge is 2.40. The first-order valence-electron chi connectivity index (χ1n) is 8.74. The summed E-state index contributed by atoms with van der Waals surface area (Å²) in [7, 11) is 0. The van der Waals surface area contributed by atoms with Gasteiger partial charge in [-0.3, -0.25) is 4.79 Å². The molecule has 1 atom stereocenters. The molecule has 3 aromatic carbocycles. The molecule has 0 unspecified atom stereocenters. The molecule has 3 aromatic rings. The Bertz CT molecular complexity index is 999. The van der Waals surface area contributed by atoms with E-state index in [4.69, 9.17) is 0 Å². The molecule has 0 saturated carbocycles. The third-order valence-electron chi connectivity index (χ3n) is 4.75. The van der Waals surface area contributed by atoms with Crippen molar-refractivity contribution in [1.82, 2.24) is 4.90 Å². The fourth-order valence-corrected chi connectivity index (χ4v) is 3.95. The molecule has 0 saturated heterocycles. The second-order valence-corrected chi connectivity index (χ2v) is 7.42. The number of aliphatic hydroxyl groups is 1. The van der Waals surface area contributed by atoms with E-state index in [1.54, 1.807) is 4.90 Å². The molecular weight excluding hydrogens is 402 g/mol. The molecule has 134 valence electrons. The van der Waals surface area contributed by atoms with Crippen LogP contribution in [-0.2, 0) is 11.3 Å². The molecule has 0 radical (unpaired) electrons. The van der Waals surface area contributed by atoms with Gasteiger partial charge >= 0.3 is 0 Å². The van der Waals surface area contributed by atoms with Gasteiger partial charge in [-0.15, -0.1) is 0 Å². The van der Waals surface area contributed by atoms with Crippen LogP contribution >= 0.6 is 15.9 Å². The Balaban J connectivity index is 1.83. The lowest BCUT2D eigenvalue weighted by Crippen LogP contribution is -2.29. The Hall–Kier alpha value is -2.85. The summed E-state index contributed by atoms with van der Waals surface area (Å²) in [4.78, 5) is 14.7. The molecule has 1 heterocycles. The number of hydrogen-bond donors (Lipinski definition) is 1. The highest BCUT2D eigenvalue weighted by molar-refractivity contribution is 9.10. The van der Waals surface area contributed by atoms with Crippen LogP contribution in [0.3, 0.4) is 0 Å². The minimum Gasteiger partial charge on any atom is -0.503 e. The zero-order chi connectivity index (χ0) is 18.8. The zero-order valence-electron chi connectivity index (χ0n) is 14.5. The number of aliphatic hydroxyl groups excluding tert-OH is 1. The first-order valence-corrected chi connectivity index (χ1v) is 9.53. The van der Waals surface area contributed by atoms with Gasteiger partial charge in [0, 0.05) is 16.6 Å². The van der Waals surface area contributed by atoms with Crippen molar-refractivity contribution >= 4 is 27.4 Å². The van der Waals surface area contributed by atoms with Gasteiger partial charge in [-0.1, -0.05) is 88.7 Å². The number of carbonyl (C=O) groups is 1. The van der Waals surface area contributed by atoms with E-state index in [-0.39, 0.29) is 17.7 Å². The van der Waals surface area contributed by atoms with Crippen LogP contribution in [0.4, 0.5) is 0 Å². The minimum atomic E-state index is -0.349. The third kappa shape index (κ3) is 3.40. The van der Waals surface area contributed by atoms with Gasteiger partial charge in [-0.05, 0) is 28.8 Å². The molecule has 1 aliphatic heterocycles. The number of hydrogen-bond acceptors (Lipinski definition) is 2. The van der Waals surface area contributed by atoms with E-state index in [2.05, 4.69) is 15.9 Å². The molecule has 4 heteroatoms. The lowest BCUT2D eigenvalue weighted by molar-refractivity contribution is -0.130. The van der Waals surface area contributed by atoms with E-state index >= 15 is 0 Å². The molecule has 0 bridgehead atoms. The summed E-state index contributed by atoms with van der Waals surface area (Å²) in [6, 6.07) is 27.0. The number of rotatable bonds is 4. The topological polar surface area (TPSA) is 40.5 Å². The Morgan fingerprint density at radius 1 is 0.889 bits per heavy atom. The molecule has 1 aliphatic rings. The summed E-state index contributed by atoms with van der Waals surface area (Å²) in [6.45, 7) is 0.428. The van der Waals surface area contributed by atoms with E-state index < -0.39 is 0 Å². The minimum absolute atomic E-state index is 0.179. The SMILES string of the molecule is O=C1C(O)=C(c2ccccc2)[C@@H](c2cccc(Br)c2)N1Cc1ccccc1. The summed E-state index contributed by atoms with van der Waals surface area (Å²) < 4.78 is 0.936. The smallest absolute Gasteiger partial charge is 0.290 e. The summed E-state index contributed by atoms with van der Waals surface area (Å²) >= 11 is 3.52. The normalized spacial score (nSPS) is 16.9. The molecule has 3 nitrogen and oxygen atoms in total. The van der Waals surface area contributed by atoms with Crippen molar-refractivity contribution in [3.63, 3.8) is 0 Å². The van der Waals surface area contributed by atoms with Gasteiger partial charge in [-0.25, -0.2) is 0 Å². The van der Waals surface area contributed by atoms with Crippen molar-refractivity contribution in [3.05, 3.63) is 112 Å².